The first-order valence-corrected chi connectivity index (χ1v) is 6.68. The van der Waals surface area contributed by atoms with E-state index in [-0.39, 0.29) is 5.15 Å². The van der Waals surface area contributed by atoms with E-state index in [1.807, 2.05) is 0 Å². The highest BCUT2D eigenvalue weighted by atomic mass is 35.5. The van der Waals surface area contributed by atoms with Crippen molar-refractivity contribution in [1.29, 1.82) is 0 Å². The van der Waals surface area contributed by atoms with Crippen LogP contribution < -0.4 is 11.1 Å². The Morgan fingerprint density at radius 1 is 1.16 bits per heavy atom. The maximum Gasteiger partial charge on any atom is 0.158 e. The van der Waals surface area contributed by atoms with Gasteiger partial charge in [0.25, 0.3) is 0 Å². The number of aromatic nitrogens is 2. The van der Waals surface area contributed by atoms with Gasteiger partial charge in [-0.1, -0.05) is 43.6 Å². The van der Waals surface area contributed by atoms with Gasteiger partial charge in [-0.05, 0) is 24.0 Å². The first kappa shape index (κ1) is 13.6. The molecule has 0 saturated heterocycles. The summed E-state index contributed by atoms with van der Waals surface area (Å²) in [5, 5.41) is 3.56. The summed E-state index contributed by atoms with van der Waals surface area (Å²) in [6, 6.07) is 6.26. The highest BCUT2D eigenvalue weighted by molar-refractivity contribution is 6.32. The topological polar surface area (TPSA) is 63.8 Å². The Hall–Kier alpha value is -1.81. The molecule has 0 spiro atoms. The number of anilines is 3. The molecule has 0 bridgehead atoms. The van der Waals surface area contributed by atoms with Gasteiger partial charge in [0.1, 0.15) is 12.0 Å². The fourth-order valence-electron chi connectivity index (χ4n) is 2.00. The zero-order valence-electron chi connectivity index (χ0n) is 11.1. The maximum atomic E-state index is 5.91. The van der Waals surface area contributed by atoms with Crippen LogP contribution in [0.1, 0.15) is 25.0 Å². The number of halogens is 1. The highest BCUT2D eigenvalue weighted by Crippen LogP contribution is 2.30. The summed E-state index contributed by atoms with van der Waals surface area (Å²) in [5.74, 6) is 0.551. The van der Waals surface area contributed by atoms with Gasteiger partial charge in [-0.25, -0.2) is 9.97 Å². The maximum absolute atomic E-state index is 5.91. The molecule has 3 N–H and O–H groups in total. The summed E-state index contributed by atoms with van der Waals surface area (Å²) in [7, 11) is 0. The van der Waals surface area contributed by atoms with E-state index in [4.69, 9.17) is 17.3 Å². The predicted octanol–water partition coefficient (Wildman–Crippen LogP) is 3.58. The van der Waals surface area contributed by atoms with Crippen LogP contribution in [-0.4, -0.2) is 9.97 Å². The molecule has 2 rings (SSSR count). The molecule has 100 valence electrons. The van der Waals surface area contributed by atoms with Crippen molar-refractivity contribution in [3.8, 4) is 0 Å². The second-order valence-corrected chi connectivity index (χ2v) is 4.57. The van der Waals surface area contributed by atoms with Crippen LogP contribution >= 0.6 is 11.6 Å². The van der Waals surface area contributed by atoms with Crippen LogP contribution in [-0.2, 0) is 12.8 Å². The van der Waals surface area contributed by atoms with Crippen molar-refractivity contribution in [2.75, 3.05) is 11.1 Å². The van der Waals surface area contributed by atoms with Gasteiger partial charge in [-0.3, -0.25) is 0 Å². The number of nitrogens with zero attached hydrogens (tertiary/aromatic N) is 2. The number of nitrogens with two attached hydrogens (primary N) is 1. The normalized spacial score (nSPS) is 10.5. The number of nitrogen functional groups attached to an aromatic ring is 1. The molecule has 1 aromatic heterocycles. The molecule has 19 heavy (non-hydrogen) atoms. The third-order valence-corrected chi connectivity index (χ3v) is 3.38. The van der Waals surface area contributed by atoms with Gasteiger partial charge in [0, 0.05) is 5.69 Å². The number of aryl methyl sites for hydroxylation is 2. The van der Waals surface area contributed by atoms with Crippen molar-refractivity contribution in [1.82, 2.24) is 9.97 Å². The number of para-hydroxylation sites is 1. The largest absolute Gasteiger partial charge is 0.393 e. The zero-order valence-corrected chi connectivity index (χ0v) is 11.8. The molecule has 1 heterocycles. The van der Waals surface area contributed by atoms with Gasteiger partial charge in [0.2, 0.25) is 0 Å². The molecule has 1 aromatic carbocycles. The van der Waals surface area contributed by atoms with E-state index < -0.39 is 0 Å². The van der Waals surface area contributed by atoms with Crippen molar-refractivity contribution in [3.05, 3.63) is 40.8 Å². The summed E-state index contributed by atoms with van der Waals surface area (Å²) in [6.07, 6.45) is 3.28. The van der Waals surface area contributed by atoms with Gasteiger partial charge in [0.05, 0.1) is 0 Å². The lowest BCUT2D eigenvalue weighted by Crippen LogP contribution is -2.05. The van der Waals surface area contributed by atoms with E-state index in [1.54, 1.807) is 0 Å². The average molecular weight is 277 g/mol. The van der Waals surface area contributed by atoms with E-state index in [9.17, 15) is 0 Å². The second kappa shape index (κ2) is 5.89. The van der Waals surface area contributed by atoms with Gasteiger partial charge >= 0.3 is 0 Å². The third kappa shape index (κ3) is 2.79. The Bertz CT molecular complexity index is 561. The van der Waals surface area contributed by atoms with Crippen LogP contribution in [0.25, 0.3) is 0 Å². The Morgan fingerprint density at radius 3 is 2.37 bits per heavy atom. The van der Waals surface area contributed by atoms with E-state index in [1.165, 1.54) is 17.5 Å². The minimum absolute atomic E-state index is 0.268. The minimum Gasteiger partial charge on any atom is -0.393 e. The van der Waals surface area contributed by atoms with Gasteiger partial charge in [0.15, 0.2) is 11.0 Å². The molecular formula is C14H17ClN4. The predicted molar refractivity (Wildman–Crippen MR) is 79.9 cm³/mol. The second-order valence-electron chi connectivity index (χ2n) is 4.21. The molecule has 2 aromatic rings. The summed E-state index contributed by atoms with van der Waals surface area (Å²) >= 11 is 5.91. The van der Waals surface area contributed by atoms with Crippen molar-refractivity contribution >= 4 is 28.8 Å². The number of benzene rings is 1. The molecule has 0 fully saturated rings. The summed E-state index contributed by atoms with van der Waals surface area (Å²) in [4.78, 5) is 8.01. The Labute approximate surface area is 118 Å². The molecule has 4 nitrogen and oxygen atoms in total. The molecular weight excluding hydrogens is 260 g/mol. The molecule has 0 amide bonds. The molecule has 0 aliphatic rings. The molecule has 0 radical (unpaired) electrons. The van der Waals surface area contributed by atoms with Crippen LogP contribution in [0.2, 0.25) is 5.15 Å². The monoisotopic (exact) mass is 276 g/mol. The number of hydrogen-bond acceptors (Lipinski definition) is 4. The van der Waals surface area contributed by atoms with Gasteiger partial charge in [-0.15, -0.1) is 0 Å². The highest BCUT2D eigenvalue weighted by Gasteiger charge is 2.11. The molecule has 0 aliphatic carbocycles. The van der Waals surface area contributed by atoms with Gasteiger partial charge in [-0.2, -0.15) is 0 Å². The summed E-state index contributed by atoms with van der Waals surface area (Å²) < 4.78 is 0. The SMILES string of the molecule is CCc1cccc(CC)c1Nc1ncnc(Cl)c1N. The standard InChI is InChI=1S/C14H17ClN4/c1-3-9-6-5-7-10(4-2)12(9)19-14-11(16)13(15)17-8-18-14/h5-8H,3-4,16H2,1-2H3,(H,17,18,19). The lowest BCUT2D eigenvalue weighted by molar-refractivity contribution is 1.08. The summed E-state index contributed by atoms with van der Waals surface area (Å²) in [5.41, 5.74) is 9.79. The third-order valence-electron chi connectivity index (χ3n) is 3.08. The average Bonchev–Trinajstić information content (AvgIpc) is 2.44. The number of nitrogens with one attached hydrogen (secondary N) is 1. The fourth-order valence-corrected chi connectivity index (χ4v) is 2.13. The first-order chi connectivity index (χ1) is 9.17. The van der Waals surface area contributed by atoms with Crippen molar-refractivity contribution in [2.45, 2.75) is 26.7 Å². The van der Waals surface area contributed by atoms with Crippen LogP contribution in [0.15, 0.2) is 24.5 Å². The quantitative estimate of drug-likeness (QED) is 0.838. The number of rotatable bonds is 4. The fraction of sp³-hybridized carbons (Fsp3) is 0.286. The van der Waals surface area contributed by atoms with Crippen molar-refractivity contribution < 1.29 is 0 Å². The minimum atomic E-state index is 0.268. The summed E-state index contributed by atoms with van der Waals surface area (Å²) in [6.45, 7) is 4.24. The van der Waals surface area contributed by atoms with Crippen LogP contribution in [0.5, 0.6) is 0 Å². The lowest BCUT2D eigenvalue weighted by atomic mass is 10.0. The molecule has 0 unspecified atom stereocenters. The number of hydrogen-bond donors (Lipinski definition) is 2. The molecule has 0 saturated carbocycles. The smallest absolute Gasteiger partial charge is 0.158 e. The van der Waals surface area contributed by atoms with E-state index in [2.05, 4.69) is 47.3 Å². The van der Waals surface area contributed by atoms with Crippen LogP contribution in [0.4, 0.5) is 17.2 Å². The van der Waals surface area contributed by atoms with Crippen LogP contribution in [0, 0.1) is 0 Å². The van der Waals surface area contributed by atoms with Crippen molar-refractivity contribution in [2.24, 2.45) is 0 Å². The van der Waals surface area contributed by atoms with Gasteiger partial charge < -0.3 is 11.1 Å². The lowest BCUT2D eigenvalue weighted by Gasteiger charge is -2.16. The Balaban J connectivity index is 2.45. The molecule has 0 aliphatic heterocycles. The Kier molecular flexibility index (Phi) is 4.22. The Morgan fingerprint density at radius 2 is 1.79 bits per heavy atom. The van der Waals surface area contributed by atoms with Crippen molar-refractivity contribution in [3.63, 3.8) is 0 Å². The van der Waals surface area contributed by atoms with Crippen LogP contribution in [0.3, 0.4) is 0 Å². The van der Waals surface area contributed by atoms with E-state index in [0.717, 1.165) is 18.5 Å². The molecule has 0 atom stereocenters. The first-order valence-electron chi connectivity index (χ1n) is 6.31. The van der Waals surface area contributed by atoms with E-state index in [0.29, 0.717) is 11.5 Å². The molecule has 5 heteroatoms. The van der Waals surface area contributed by atoms with E-state index >= 15 is 0 Å². The zero-order chi connectivity index (χ0) is 13.8.